The molecule has 1 heterocycles. The SMILES string of the molecule is CCC(CC)(C(=O)O)N1CC(C)CS1(=O)=O. The van der Waals surface area contributed by atoms with Crippen molar-refractivity contribution in [3.05, 3.63) is 0 Å². The molecule has 0 aromatic heterocycles. The first-order chi connectivity index (χ1) is 7.30. The van der Waals surface area contributed by atoms with Gasteiger partial charge in [-0.15, -0.1) is 0 Å². The minimum atomic E-state index is -3.41. The molecule has 0 bridgehead atoms. The Kier molecular flexibility index (Phi) is 3.64. The summed E-state index contributed by atoms with van der Waals surface area (Å²) in [6.07, 6.45) is 0.593. The van der Waals surface area contributed by atoms with Crippen LogP contribution in [0.4, 0.5) is 0 Å². The monoisotopic (exact) mass is 249 g/mol. The van der Waals surface area contributed by atoms with Gasteiger partial charge in [0.05, 0.1) is 5.75 Å². The predicted octanol–water partition coefficient (Wildman–Crippen LogP) is 0.911. The smallest absolute Gasteiger partial charge is 0.325 e. The van der Waals surface area contributed by atoms with Gasteiger partial charge >= 0.3 is 5.97 Å². The fraction of sp³-hybridized carbons (Fsp3) is 0.900. The molecule has 6 heteroatoms. The molecular weight excluding hydrogens is 230 g/mol. The van der Waals surface area contributed by atoms with Crippen LogP contribution in [-0.2, 0) is 14.8 Å². The van der Waals surface area contributed by atoms with Gasteiger partial charge < -0.3 is 5.11 Å². The second-order valence-electron chi connectivity index (χ2n) is 4.46. The Morgan fingerprint density at radius 3 is 2.19 bits per heavy atom. The van der Waals surface area contributed by atoms with Gasteiger partial charge in [-0.3, -0.25) is 4.79 Å². The van der Waals surface area contributed by atoms with Gasteiger partial charge in [-0.1, -0.05) is 20.8 Å². The molecule has 1 saturated heterocycles. The first-order valence-corrected chi connectivity index (χ1v) is 7.15. The van der Waals surface area contributed by atoms with E-state index in [0.29, 0.717) is 19.4 Å². The zero-order valence-electron chi connectivity index (χ0n) is 9.93. The molecule has 1 aliphatic rings. The van der Waals surface area contributed by atoms with E-state index in [9.17, 15) is 18.3 Å². The Hall–Kier alpha value is -0.620. The summed E-state index contributed by atoms with van der Waals surface area (Å²) in [6.45, 7) is 5.58. The van der Waals surface area contributed by atoms with E-state index < -0.39 is 21.5 Å². The summed E-state index contributed by atoms with van der Waals surface area (Å²) in [6, 6.07) is 0. The van der Waals surface area contributed by atoms with Crippen molar-refractivity contribution in [1.82, 2.24) is 4.31 Å². The first kappa shape index (κ1) is 13.4. The van der Waals surface area contributed by atoms with Crippen molar-refractivity contribution in [3.8, 4) is 0 Å². The molecule has 1 aliphatic heterocycles. The lowest BCUT2D eigenvalue weighted by Crippen LogP contribution is -2.54. The molecule has 0 saturated carbocycles. The second-order valence-corrected chi connectivity index (χ2v) is 6.40. The standard InChI is InChI=1S/C10H19NO4S/c1-4-10(5-2,9(12)13)11-6-8(3)7-16(11,14)15/h8H,4-7H2,1-3H3,(H,12,13). The van der Waals surface area contributed by atoms with Crippen LogP contribution in [0.3, 0.4) is 0 Å². The third-order valence-electron chi connectivity index (χ3n) is 3.35. The van der Waals surface area contributed by atoms with Crippen molar-refractivity contribution in [2.45, 2.75) is 39.2 Å². The third-order valence-corrected chi connectivity index (χ3v) is 5.51. The molecule has 1 atom stereocenters. The normalized spacial score (nSPS) is 25.8. The molecule has 94 valence electrons. The highest BCUT2D eigenvalue weighted by molar-refractivity contribution is 7.89. The molecule has 0 radical (unpaired) electrons. The molecule has 1 rings (SSSR count). The number of carbonyl (C=O) groups is 1. The number of hydrogen-bond donors (Lipinski definition) is 1. The van der Waals surface area contributed by atoms with E-state index in [1.165, 1.54) is 4.31 Å². The molecular formula is C10H19NO4S. The Bertz CT molecular complexity index is 372. The molecule has 0 aliphatic carbocycles. The van der Waals surface area contributed by atoms with E-state index in [2.05, 4.69) is 0 Å². The number of sulfonamides is 1. The van der Waals surface area contributed by atoms with Gasteiger partial charge in [0.15, 0.2) is 0 Å². The molecule has 16 heavy (non-hydrogen) atoms. The number of rotatable bonds is 4. The van der Waals surface area contributed by atoms with Crippen LogP contribution in [0.15, 0.2) is 0 Å². The van der Waals surface area contributed by atoms with E-state index in [-0.39, 0.29) is 11.7 Å². The summed E-state index contributed by atoms with van der Waals surface area (Å²) in [5.74, 6) is -0.987. The largest absolute Gasteiger partial charge is 0.480 e. The van der Waals surface area contributed by atoms with E-state index >= 15 is 0 Å². The number of carboxylic acids is 1. The van der Waals surface area contributed by atoms with Crippen LogP contribution in [0.2, 0.25) is 0 Å². The minimum Gasteiger partial charge on any atom is -0.480 e. The van der Waals surface area contributed by atoms with Crippen LogP contribution in [0.5, 0.6) is 0 Å². The molecule has 0 aromatic carbocycles. The molecule has 1 N–H and O–H groups in total. The van der Waals surface area contributed by atoms with Gasteiger partial charge in [0, 0.05) is 6.54 Å². The predicted molar refractivity (Wildman–Crippen MR) is 60.6 cm³/mol. The average molecular weight is 249 g/mol. The van der Waals surface area contributed by atoms with Crippen molar-refractivity contribution in [1.29, 1.82) is 0 Å². The van der Waals surface area contributed by atoms with Gasteiger partial charge in [-0.05, 0) is 18.8 Å². The van der Waals surface area contributed by atoms with Crippen molar-refractivity contribution in [2.24, 2.45) is 5.92 Å². The zero-order chi connectivity index (χ0) is 12.6. The van der Waals surface area contributed by atoms with Gasteiger partial charge in [-0.2, -0.15) is 4.31 Å². The Balaban J connectivity index is 3.19. The lowest BCUT2D eigenvalue weighted by atomic mass is 9.92. The fourth-order valence-electron chi connectivity index (χ4n) is 2.35. The van der Waals surface area contributed by atoms with E-state index in [1.54, 1.807) is 13.8 Å². The summed E-state index contributed by atoms with van der Waals surface area (Å²) in [4.78, 5) is 11.4. The van der Waals surface area contributed by atoms with Crippen molar-refractivity contribution in [2.75, 3.05) is 12.3 Å². The molecule has 5 nitrogen and oxygen atoms in total. The number of hydrogen-bond acceptors (Lipinski definition) is 3. The van der Waals surface area contributed by atoms with Gasteiger partial charge in [-0.25, -0.2) is 8.42 Å². The van der Waals surface area contributed by atoms with Crippen LogP contribution in [-0.4, -0.2) is 41.6 Å². The topological polar surface area (TPSA) is 74.7 Å². The minimum absolute atomic E-state index is 0.00169. The van der Waals surface area contributed by atoms with Crippen LogP contribution in [0.25, 0.3) is 0 Å². The Morgan fingerprint density at radius 1 is 1.44 bits per heavy atom. The number of aliphatic carboxylic acids is 1. The van der Waals surface area contributed by atoms with Gasteiger partial charge in [0.25, 0.3) is 0 Å². The maximum atomic E-state index is 11.9. The Morgan fingerprint density at radius 2 is 1.94 bits per heavy atom. The summed E-state index contributed by atoms with van der Waals surface area (Å²) in [5, 5.41) is 9.30. The zero-order valence-corrected chi connectivity index (χ0v) is 10.7. The van der Waals surface area contributed by atoms with Crippen molar-refractivity contribution < 1.29 is 18.3 Å². The summed E-state index contributed by atoms with van der Waals surface area (Å²) < 4.78 is 25.0. The number of nitrogens with zero attached hydrogens (tertiary/aromatic N) is 1. The van der Waals surface area contributed by atoms with Crippen molar-refractivity contribution in [3.63, 3.8) is 0 Å². The second kappa shape index (κ2) is 4.33. The van der Waals surface area contributed by atoms with E-state index in [0.717, 1.165) is 0 Å². The highest BCUT2D eigenvalue weighted by Crippen LogP contribution is 2.33. The van der Waals surface area contributed by atoms with Gasteiger partial charge in [0.2, 0.25) is 10.0 Å². The molecule has 0 amide bonds. The lowest BCUT2D eigenvalue weighted by molar-refractivity contribution is -0.148. The van der Waals surface area contributed by atoms with Crippen LogP contribution >= 0.6 is 0 Å². The summed E-state index contributed by atoms with van der Waals surface area (Å²) >= 11 is 0. The summed E-state index contributed by atoms with van der Waals surface area (Å²) in [5.41, 5.74) is -1.26. The lowest BCUT2D eigenvalue weighted by Gasteiger charge is -2.35. The first-order valence-electron chi connectivity index (χ1n) is 5.54. The molecule has 1 unspecified atom stereocenters. The van der Waals surface area contributed by atoms with Crippen LogP contribution in [0, 0.1) is 5.92 Å². The Labute approximate surface area is 96.5 Å². The fourth-order valence-corrected chi connectivity index (χ4v) is 4.71. The average Bonchev–Trinajstić information content (AvgIpc) is 2.43. The van der Waals surface area contributed by atoms with Crippen LogP contribution in [0.1, 0.15) is 33.6 Å². The highest BCUT2D eigenvalue weighted by atomic mass is 32.2. The maximum Gasteiger partial charge on any atom is 0.325 e. The molecule has 0 spiro atoms. The third kappa shape index (κ3) is 1.96. The van der Waals surface area contributed by atoms with Gasteiger partial charge in [0.1, 0.15) is 5.54 Å². The maximum absolute atomic E-state index is 11.9. The van der Waals surface area contributed by atoms with Crippen molar-refractivity contribution >= 4 is 16.0 Å². The van der Waals surface area contributed by atoms with Crippen LogP contribution < -0.4 is 0 Å². The molecule has 1 fully saturated rings. The van der Waals surface area contributed by atoms with E-state index in [4.69, 9.17) is 0 Å². The molecule has 0 aromatic rings. The number of carboxylic acid groups (broad SMARTS) is 1. The summed E-state index contributed by atoms with van der Waals surface area (Å²) in [7, 11) is -3.41. The highest BCUT2D eigenvalue weighted by Gasteiger charge is 2.50. The van der Waals surface area contributed by atoms with E-state index in [1.807, 2.05) is 6.92 Å². The quantitative estimate of drug-likeness (QED) is 0.803.